The van der Waals surface area contributed by atoms with Crippen molar-refractivity contribution in [1.29, 1.82) is 0 Å². The quantitative estimate of drug-likeness (QED) is 0.646. The van der Waals surface area contributed by atoms with Gasteiger partial charge in [0.1, 0.15) is 0 Å². The fourth-order valence-electron chi connectivity index (χ4n) is 1.00. The molecule has 0 saturated carbocycles. The van der Waals surface area contributed by atoms with E-state index < -0.39 is 10.0 Å². The van der Waals surface area contributed by atoms with Crippen LogP contribution in [0, 0.1) is 0 Å². The first-order valence-corrected chi connectivity index (χ1v) is 6.24. The molecule has 1 atom stereocenters. The lowest BCUT2D eigenvalue weighted by Gasteiger charge is -2.22. The lowest BCUT2D eigenvalue weighted by Crippen LogP contribution is -2.36. The summed E-state index contributed by atoms with van der Waals surface area (Å²) in [5.41, 5.74) is 0. The van der Waals surface area contributed by atoms with Gasteiger partial charge >= 0.3 is 0 Å². The number of hydrogen-bond donors (Lipinski definition) is 0. The Morgan fingerprint density at radius 2 is 2.00 bits per heavy atom. The van der Waals surface area contributed by atoms with Crippen LogP contribution in [0.2, 0.25) is 0 Å². The minimum absolute atomic E-state index is 0.0544. The normalized spacial score (nSPS) is 14.8. The highest BCUT2D eigenvalue weighted by atomic mass is 32.2. The van der Waals surface area contributed by atoms with E-state index in [1.54, 1.807) is 7.11 Å². The number of methoxy groups -OCH3 is 1. The third kappa shape index (κ3) is 5.23. The molecule has 0 aromatic heterocycles. The molecule has 0 radical (unpaired) electrons. The largest absolute Gasteiger partial charge is 0.380 e. The van der Waals surface area contributed by atoms with E-state index in [0.717, 1.165) is 6.42 Å². The Labute approximate surface area is 80.9 Å². The van der Waals surface area contributed by atoms with E-state index in [-0.39, 0.29) is 6.10 Å². The number of hydrogen-bond acceptors (Lipinski definition) is 3. The van der Waals surface area contributed by atoms with Crippen LogP contribution in [0.3, 0.4) is 0 Å². The molecule has 13 heavy (non-hydrogen) atoms. The molecule has 0 N–H and O–H groups in total. The third-order valence-electron chi connectivity index (χ3n) is 1.81. The van der Waals surface area contributed by atoms with Crippen molar-refractivity contribution in [2.75, 3.05) is 26.5 Å². The zero-order valence-corrected chi connectivity index (χ0v) is 9.60. The molecule has 0 heterocycles. The van der Waals surface area contributed by atoms with Gasteiger partial charge in [-0.25, -0.2) is 8.42 Å². The van der Waals surface area contributed by atoms with E-state index in [1.807, 2.05) is 13.8 Å². The van der Waals surface area contributed by atoms with Crippen molar-refractivity contribution in [2.45, 2.75) is 26.4 Å². The van der Waals surface area contributed by atoms with Crippen molar-refractivity contribution in [3.63, 3.8) is 0 Å². The maximum absolute atomic E-state index is 11.2. The van der Waals surface area contributed by atoms with Crippen molar-refractivity contribution in [2.24, 2.45) is 0 Å². The highest BCUT2D eigenvalue weighted by molar-refractivity contribution is 7.88. The van der Waals surface area contributed by atoms with E-state index in [4.69, 9.17) is 4.74 Å². The molecule has 0 unspecified atom stereocenters. The number of ether oxygens (including phenoxy) is 1. The average molecular weight is 209 g/mol. The smallest absolute Gasteiger partial charge is 0.211 e. The summed E-state index contributed by atoms with van der Waals surface area (Å²) in [5.74, 6) is 0. The second kappa shape index (κ2) is 5.57. The second-order valence-corrected chi connectivity index (χ2v) is 5.15. The van der Waals surface area contributed by atoms with Crippen LogP contribution in [0.4, 0.5) is 0 Å². The molecule has 0 aliphatic rings. The van der Waals surface area contributed by atoms with E-state index in [1.165, 1.54) is 10.6 Å². The fourth-order valence-corrected chi connectivity index (χ4v) is 2.00. The zero-order valence-electron chi connectivity index (χ0n) is 8.78. The molecule has 0 rings (SSSR count). The van der Waals surface area contributed by atoms with Gasteiger partial charge in [0.2, 0.25) is 10.0 Å². The minimum atomic E-state index is -3.08. The van der Waals surface area contributed by atoms with Crippen molar-refractivity contribution in [3.05, 3.63) is 0 Å². The van der Waals surface area contributed by atoms with Crippen molar-refractivity contribution < 1.29 is 13.2 Å². The van der Waals surface area contributed by atoms with Gasteiger partial charge in [0, 0.05) is 20.2 Å². The molecule has 0 fully saturated rings. The SMILES string of the molecule is CCCN(C[C@@H](C)OC)S(C)(=O)=O. The van der Waals surface area contributed by atoms with Crippen LogP contribution in [0.1, 0.15) is 20.3 Å². The van der Waals surface area contributed by atoms with E-state index in [9.17, 15) is 8.42 Å². The molecule has 0 bridgehead atoms. The highest BCUT2D eigenvalue weighted by Crippen LogP contribution is 2.02. The molecule has 0 amide bonds. The monoisotopic (exact) mass is 209 g/mol. The predicted octanol–water partition coefficient (Wildman–Crippen LogP) is 0.693. The first-order chi connectivity index (χ1) is 5.91. The Balaban J connectivity index is 4.27. The number of nitrogens with zero attached hydrogens (tertiary/aromatic N) is 1. The summed E-state index contributed by atoms with van der Waals surface area (Å²) >= 11 is 0. The minimum Gasteiger partial charge on any atom is -0.380 e. The van der Waals surface area contributed by atoms with Crippen molar-refractivity contribution in [1.82, 2.24) is 4.31 Å². The zero-order chi connectivity index (χ0) is 10.5. The second-order valence-electron chi connectivity index (χ2n) is 3.17. The molecule has 0 aromatic carbocycles. The van der Waals surface area contributed by atoms with Gasteiger partial charge in [-0.05, 0) is 13.3 Å². The first kappa shape index (κ1) is 12.9. The van der Waals surface area contributed by atoms with E-state index in [0.29, 0.717) is 13.1 Å². The molecule has 5 heteroatoms. The predicted molar refractivity (Wildman–Crippen MR) is 53.2 cm³/mol. The molecular formula is C8H19NO3S. The van der Waals surface area contributed by atoms with Crippen molar-refractivity contribution in [3.8, 4) is 0 Å². The summed E-state index contributed by atoms with van der Waals surface area (Å²) in [6.45, 7) is 4.80. The standard InChI is InChI=1S/C8H19NO3S/c1-5-6-9(13(4,10)11)7-8(2)12-3/h8H,5-7H2,1-4H3/t8-/m1/s1. The van der Waals surface area contributed by atoms with E-state index >= 15 is 0 Å². The van der Waals surface area contributed by atoms with Crippen LogP contribution in [0.5, 0.6) is 0 Å². The third-order valence-corrected chi connectivity index (χ3v) is 3.07. The van der Waals surface area contributed by atoms with E-state index in [2.05, 4.69) is 0 Å². The Morgan fingerprint density at radius 1 is 1.46 bits per heavy atom. The average Bonchev–Trinajstić information content (AvgIpc) is 2.01. The molecule has 0 aromatic rings. The summed E-state index contributed by atoms with van der Waals surface area (Å²) in [4.78, 5) is 0. The fraction of sp³-hybridized carbons (Fsp3) is 1.00. The number of rotatable bonds is 6. The molecule has 0 aliphatic carbocycles. The molecule has 80 valence electrons. The summed E-state index contributed by atoms with van der Waals surface area (Å²) < 4.78 is 28.9. The summed E-state index contributed by atoms with van der Waals surface area (Å²) in [7, 11) is -1.50. The van der Waals surface area contributed by atoms with Gasteiger partial charge in [-0.15, -0.1) is 0 Å². The van der Waals surface area contributed by atoms with Gasteiger partial charge < -0.3 is 4.74 Å². The van der Waals surface area contributed by atoms with Gasteiger partial charge in [-0.3, -0.25) is 0 Å². The summed E-state index contributed by atoms with van der Waals surface area (Å²) in [6.07, 6.45) is 2.00. The molecule has 0 aliphatic heterocycles. The van der Waals surface area contributed by atoms with Crippen LogP contribution in [0.15, 0.2) is 0 Å². The Kier molecular flexibility index (Phi) is 5.51. The van der Waals surface area contributed by atoms with Crippen LogP contribution in [0.25, 0.3) is 0 Å². The molecule has 4 nitrogen and oxygen atoms in total. The maximum Gasteiger partial charge on any atom is 0.211 e. The topological polar surface area (TPSA) is 46.6 Å². The summed E-state index contributed by atoms with van der Waals surface area (Å²) in [6, 6.07) is 0. The van der Waals surface area contributed by atoms with Crippen LogP contribution in [-0.4, -0.2) is 45.3 Å². The Morgan fingerprint density at radius 3 is 2.31 bits per heavy atom. The Hall–Kier alpha value is -0.130. The van der Waals surface area contributed by atoms with Gasteiger partial charge in [0.15, 0.2) is 0 Å². The first-order valence-electron chi connectivity index (χ1n) is 4.39. The van der Waals surface area contributed by atoms with Crippen LogP contribution < -0.4 is 0 Å². The lowest BCUT2D eigenvalue weighted by atomic mass is 10.4. The van der Waals surface area contributed by atoms with Gasteiger partial charge in [0.05, 0.1) is 12.4 Å². The molecular weight excluding hydrogens is 190 g/mol. The highest BCUT2D eigenvalue weighted by Gasteiger charge is 2.17. The van der Waals surface area contributed by atoms with Crippen LogP contribution in [-0.2, 0) is 14.8 Å². The van der Waals surface area contributed by atoms with Crippen molar-refractivity contribution >= 4 is 10.0 Å². The Bertz CT molecular complexity index is 226. The lowest BCUT2D eigenvalue weighted by molar-refractivity contribution is 0.0995. The summed E-state index contributed by atoms with van der Waals surface area (Å²) in [5, 5.41) is 0. The van der Waals surface area contributed by atoms with Gasteiger partial charge in [-0.1, -0.05) is 6.92 Å². The maximum atomic E-state index is 11.2. The number of sulfonamides is 1. The van der Waals surface area contributed by atoms with Gasteiger partial charge in [0.25, 0.3) is 0 Å². The molecule has 0 spiro atoms. The molecule has 0 saturated heterocycles. The van der Waals surface area contributed by atoms with Crippen LogP contribution >= 0.6 is 0 Å². The van der Waals surface area contributed by atoms with Gasteiger partial charge in [-0.2, -0.15) is 4.31 Å².